The SMILES string of the molecule is O=S1CCNC(c2ccc(Cl)cc2)C1. The van der Waals surface area contributed by atoms with Gasteiger partial charge in [-0.3, -0.25) is 4.21 Å². The zero-order chi connectivity index (χ0) is 9.97. The molecule has 1 aliphatic rings. The highest BCUT2D eigenvalue weighted by Crippen LogP contribution is 2.19. The molecule has 1 N–H and O–H groups in total. The molecule has 2 nitrogen and oxygen atoms in total. The van der Waals surface area contributed by atoms with Gasteiger partial charge < -0.3 is 5.32 Å². The van der Waals surface area contributed by atoms with Crippen LogP contribution in [0.4, 0.5) is 0 Å². The Bertz CT molecular complexity index is 338. The van der Waals surface area contributed by atoms with Crippen molar-refractivity contribution in [2.24, 2.45) is 0 Å². The van der Waals surface area contributed by atoms with Crippen LogP contribution < -0.4 is 5.32 Å². The quantitative estimate of drug-likeness (QED) is 0.795. The van der Waals surface area contributed by atoms with Gasteiger partial charge in [0.1, 0.15) is 0 Å². The van der Waals surface area contributed by atoms with Crippen LogP contribution >= 0.6 is 11.6 Å². The van der Waals surface area contributed by atoms with Crippen LogP contribution in [-0.4, -0.2) is 22.3 Å². The Morgan fingerprint density at radius 2 is 2.07 bits per heavy atom. The van der Waals surface area contributed by atoms with Crippen molar-refractivity contribution in [1.29, 1.82) is 0 Å². The Balaban J connectivity index is 2.14. The second-order valence-corrected chi connectivity index (χ2v) is 5.43. The number of benzene rings is 1. The van der Waals surface area contributed by atoms with E-state index in [2.05, 4.69) is 5.32 Å². The number of hydrogen-bond acceptors (Lipinski definition) is 2. The van der Waals surface area contributed by atoms with E-state index in [1.165, 1.54) is 5.56 Å². The van der Waals surface area contributed by atoms with Gasteiger partial charge in [0.25, 0.3) is 0 Å². The van der Waals surface area contributed by atoms with E-state index in [4.69, 9.17) is 11.6 Å². The fourth-order valence-electron chi connectivity index (χ4n) is 1.58. The van der Waals surface area contributed by atoms with Crippen LogP contribution in [0.1, 0.15) is 11.6 Å². The van der Waals surface area contributed by atoms with E-state index in [1.54, 1.807) is 0 Å². The predicted octanol–water partition coefficient (Wildman–Crippen LogP) is 1.73. The third-order valence-corrected chi connectivity index (χ3v) is 3.96. The first-order valence-corrected chi connectivity index (χ1v) is 6.46. The van der Waals surface area contributed by atoms with Gasteiger partial charge in [0.2, 0.25) is 0 Å². The van der Waals surface area contributed by atoms with E-state index in [-0.39, 0.29) is 6.04 Å². The summed E-state index contributed by atoms with van der Waals surface area (Å²) in [5, 5.41) is 4.09. The molecule has 2 unspecified atom stereocenters. The molecule has 0 bridgehead atoms. The van der Waals surface area contributed by atoms with Crippen LogP contribution in [0.25, 0.3) is 0 Å². The third-order valence-electron chi connectivity index (χ3n) is 2.35. The van der Waals surface area contributed by atoms with Crippen LogP contribution in [-0.2, 0) is 10.8 Å². The summed E-state index contributed by atoms with van der Waals surface area (Å²) in [6, 6.07) is 7.94. The average Bonchev–Trinajstić information content (AvgIpc) is 2.19. The summed E-state index contributed by atoms with van der Waals surface area (Å²) < 4.78 is 11.4. The normalized spacial score (nSPS) is 27.5. The molecule has 14 heavy (non-hydrogen) atoms. The zero-order valence-corrected chi connectivity index (χ0v) is 9.27. The molecule has 2 rings (SSSR count). The van der Waals surface area contributed by atoms with Crippen LogP contribution in [0, 0.1) is 0 Å². The lowest BCUT2D eigenvalue weighted by molar-refractivity contribution is 0.572. The molecular formula is C10H12ClNOS. The number of halogens is 1. The van der Waals surface area contributed by atoms with Gasteiger partial charge in [-0.25, -0.2) is 0 Å². The van der Waals surface area contributed by atoms with Crippen LogP contribution in [0.2, 0.25) is 5.02 Å². The maximum Gasteiger partial charge on any atom is 0.0437 e. The van der Waals surface area contributed by atoms with Crippen molar-refractivity contribution >= 4 is 22.4 Å². The van der Waals surface area contributed by atoms with Crippen molar-refractivity contribution in [2.45, 2.75) is 6.04 Å². The first-order chi connectivity index (χ1) is 6.75. The molecule has 0 aliphatic carbocycles. The fourth-order valence-corrected chi connectivity index (χ4v) is 2.90. The Kier molecular flexibility index (Phi) is 3.21. The minimum Gasteiger partial charge on any atom is -0.308 e. The Morgan fingerprint density at radius 1 is 1.36 bits per heavy atom. The number of hydrogen-bond donors (Lipinski definition) is 1. The summed E-state index contributed by atoms with van der Waals surface area (Å²) in [5.74, 6) is 1.48. The minimum absolute atomic E-state index is 0.224. The molecule has 0 spiro atoms. The van der Waals surface area contributed by atoms with Crippen LogP contribution in [0.3, 0.4) is 0 Å². The predicted molar refractivity (Wildman–Crippen MR) is 60.1 cm³/mol. The number of rotatable bonds is 1. The molecule has 0 aromatic heterocycles. The third kappa shape index (κ3) is 2.35. The van der Waals surface area contributed by atoms with Gasteiger partial charge in [-0.1, -0.05) is 23.7 Å². The lowest BCUT2D eigenvalue weighted by atomic mass is 10.1. The Morgan fingerprint density at radius 3 is 2.71 bits per heavy atom. The molecule has 1 heterocycles. The zero-order valence-electron chi connectivity index (χ0n) is 7.70. The summed E-state index contributed by atoms with van der Waals surface area (Å²) >= 11 is 5.80. The molecule has 1 aliphatic heterocycles. The second kappa shape index (κ2) is 4.43. The van der Waals surface area contributed by atoms with Crippen molar-refractivity contribution in [1.82, 2.24) is 5.32 Å². The minimum atomic E-state index is -0.672. The van der Waals surface area contributed by atoms with E-state index in [0.29, 0.717) is 5.75 Å². The Labute approximate surface area is 91.1 Å². The van der Waals surface area contributed by atoms with Gasteiger partial charge >= 0.3 is 0 Å². The molecule has 0 saturated carbocycles. The monoisotopic (exact) mass is 229 g/mol. The molecule has 1 aromatic rings. The summed E-state index contributed by atoms with van der Waals surface area (Å²) in [5.41, 5.74) is 1.17. The standard InChI is InChI=1S/C10H12ClNOS/c11-9-3-1-8(2-4-9)10-7-14(13)6-5-12-10/h1-4,10,12H,5-7H2. The topological polar surface area (TPSA) is 29.1 Å². The van der Waals surface area contributed by atoms with Crippen molar-refractivity contribution in [2.75, 3.05) is 18.1 Å². The van der Waals surface area contributed by atoms with Crippen molar-refractivity contribution in [3.05, 3.63) is 34.9 Å². The molecule has 0 amide bonds. The molecule has 1 saturated heterocycles. The molecule has 0 radical (unpaired) electrons. The van der Waals surface area contributed by atoms with Gasteiger partial charge in [0, 0.05) is 39.9 Å². The Hall–Kier alpha value is -0.380. The van der Waals surface area contributed by atoms with Gasteiger partial charge in [0.05, 0.1) is 0 Å². The summed E-state index contributed by atoms with van der Waals surface area (Å²) in [6.07, 6.45) is 0. The van der Waals surface area contributed by atoms with Gasteiger partial charge in [-0.2, -0.15) is 0 Å². The van der Waals surface area contributed by atoms with E-state index >= 15 is 0 Å². The van der Waals surface area contributed by atoms with Crippen molar-refractivity contribution in [3.8, 4) is 0 Å². The molecule has 1 fully saturated rings. The average molecular weight is 230 g/mol. The maximum absolute atomic E-state index is 11.4. The highest BCUT2D eigenvalue weighted by Gasteiger charge is 2.18. The molecule has 1 aromatic carbocycles. The van der Waals surface area contributed by atoms with E-state index < -0.39 is 10.8 Å². The molecule has 2 atom stereocenters. The lowest BCUT2D eigenvalue weighted by Crippen LogP contribution is -2.36. The van der Waals surface area contributed by atoms with Crippen LogP contribution in [0.5, 0.6) is 0 Å². The van der Waals surface area contributed by atoms with E-state index in [9.17, 15) is 4.21 Å². The maximum atomic E-state index is 11.4. The fraction of sp³-hybridized carbons (Fsp3) is 0.400. The summed E-state index contributed by atoms with van der Waals surface area (Å²) in [4.78, 5) is 0. The molecule has 4 heteroatoms. The van der Waals surface area contributed by atoms with Crippen LogP contribution in [0.15, 0.2) is 24.3 Å². The first kappa shape index (κ1) is 10.1. The van der Waals surface area contributed by atoms with Gasteiger partial charge in [0.15, 0.2) is 0 Å². The lowest BCUT2D eigenvalue weighted by Gasteiger charge is -2.23. The highest BCUT2D eigenvalue weighted by molar-refractivity contribution is 7.85. The summed E-state index contributed by atoms with van der Waals surface area (Å²) in [6.45, 7) is 0.833. The molecule has 76 valence electrons. The first-order valence-electron chi connectivity index (χ1n) is 4.59. The second-order valence-electron chi connectivity index (χ2n) is 3.37. The smallest absolute Gasteiger partial charge is 0.0437 e. The van der Waals surface area contributed by atoms with Crippen molar-refractivity contribution < 1.29 is 4.21 Å². The summed E-state index contributed by atoms with van der Waals surface area (Å²) in [7, 11) is -0.672. The molecular weight excluding hydrogens is 218 g/mol. The highest BCUT2D eigenvalue weighted by atomic mass is 35.5. The van der Waals surface area contributed by atoms with Gasteiger partial charge in [-0.15, -0.1) is 0 Å². The number of nitrogens with one attached hydrogen (secondary N) is 1. The van der Waals surface area contributed by atoms with E-state index in [0.717, 1.165) is 17.3 Å². The van der Waals surface area contributed by atoms with E-state index in [1.807, 2.05) is 24.3 Å². The van der Waals surface area contributed by atoms with Gasteiger partial charge in [-0.05, 0) is 17.7 Å². The van der Waals surface area contributed by atoms with Crippen molar-refractivity contribution in [3.63, 3.8) is 0 Å². The largest absolute Gasteiger partial charge is 0.308 e.